The summed E-state index contributed by atoms with van der Waals surface area (Å²) >= 11 is 0. The molecule has 3 heterocycles. The Bertz CT molecular complexity index is 2040. The monoisotopic (exact) mass is 649 g/mol. The molecule has 0 amide bonds. The minimum Gasteiger partial charge on any atom is -0.469 e. The molecule has 0 radical (unpaired) electrons. The van der Waals surface area contributed by atoms with E-state index in [1.165, 1.54) is 23.0 Å². The first-order valence-electron chi connectivity index (χ1n) is 17.0. The predicted molar refractivity (Wildman–Crippen MR) is 180 cm³/mol. The Balaban J connectivity index is 1.28. The molecule has 0 bridgehead atoms. The summed E-state index contributed by atoms with van der Waals surface area (Å²) in [4.78, 5) is 25.8. The number of methoxy groups -OCH3 is 1. The van der Waals surface area contributed by atoms with Gasteiger partial charge in [0, 0.05) is 41.3 Å². The molecule has 48 heavy (non-hydrogen) atoms. The molecule has 0 N–H and O–H groups in total. The maximum Gasteiger partial charge on any atom is 0.435 e. The first-order valence-corrected chi connectivity index (χ1v) is 17.0. The molecular weight excluding hydrogens is 609 g/mol. The summed E-state index contributed by atoms with van der Waals surface area (Å²) < 4.78 is 34.9. The van der Waals surface area contributed by atoms with Gasteiger partial charge in [-0.2, -0.15) is 9.78 Å². The highest BCUT2D eigenvalue weighted by atomic mass is 19.1. The molecule has 2 aliphatic carbocycles. The van der Waals surface area contributed by atoms with Gasteiger partial charge in [-0.25, -0.2) is 9.18 Å². The molecule has 1 saturated heterocycles. The fourth-order valence-electron chi connectivity index (χ4n) is 8.70. The van der Waals surface area contributed by atoms with Crippen LogP contribution in [0.1, 0.15) is 78.4 Å². The van der Waals surface area contributed by atoms with Crippen LogP contribution < -0.4 is 0 Å². The van der Waals surface area contributed by atoms with Gasteiger partial charge < -0.3 is 18.8 Å². The number of carbonyl (C=O) groups excluding carboxylic acids is 2. The maximum atomic E-state index is 14.6. The van der Waals surface area contributed by atoms with Crippen LogP contribution in [0.4, 0.5) is 9.18 Å². The van der Waals surface area contributed by atoms with Crippen LogP contribution in [0.5, 0.6) is 0 Å². The molecule has 3 aliphatic rings. The molecule has 8 nitrogen and oxygen atoms in total. The number of ether oxygens (including phenoxy) is 3. The lowest BCUT2D eigenvalue weighted by Gasteiger charge is -2.57. The highest BCUT2D eigenvalue weighted by molar-refractivity contribution is 6.02. The minimum atomic E-state index is -0.526. The Hall–Kier alpha value is -4.50. The first-order chi connectivity index (χ1) is 23.2. The number of carbonyl (C=O) groups is 2. The number of rotatable bonds is 6. The van der Waals surface area contributed by atoms with Crippen molar-refractivity contribution in [3.63, 3.8) is 0 Å². The van der Waals surface area contributed by atoms with Crippen LogP contribution in [0.3, 0.4) is 0 Å². The fourth-order valence-corrected chi connectivity index (χ4v) is 8.70. The van der Waals surface area contributed by atoms with Gasteiger partial charge in [-0.15, -0.1) is 0 Å². The lowest BCUT2D eigenvalue weighted by molar-refractivity contribution is -0.159. The lowest BCUT2D eigenvalue weighted by atomic mass is 9.47. The molecule has 5 aromatic rings. The van der Waals surface area contributed by atoms with Gasteiger partial charge in [0.2, 0.25) is 0 Å². The van der Waals surface area contributed by atoms with Gasteiger partial charge in [0.1, 0.15) is 12.4 Å². The molecule has 9 heteroatoms. The van der Waals surface area contributed by atoms with E-state index in [9.17, 15) is 14.0 Å². The smallest absolute Gasteiger partial charge is 0.435 e. The SMILES string of the molecule is COC(=O)C1CC2(C1)CC(c1c(C3CCOCC3)n(-c3ccc(F)c(C)c3)c3cc4c(C)nn(C(=O)OCc5ccccc5)c4cc13)C2. The molecule has 3 fully saturated rings. The third kappa shape index (κ3) is 5.10. The lowest BCUT2D eigenvalue weighted by Crippen LogP contribution is -2.49. The number of hydrogen-bond acceptors (Lipinski definition) is 6. The summed E-state index contributed by atoms with van der Waals surface area (Å²) in [5.41, 5.74) is 7.55. The van der Waals surface area contributed by atoms with Gasteiger partial charge in [-0.3, -0.25) is 4.79 Å². The van der Waals surface area contributed by atoms with Gasteiger partial charge in [0.05, 0.1) is 29.8 Å². The van der Waals surface area contributed by atoms with Crippen molar-refractivity contribution in [1.82, 2.24) is 14.3 Å². The third-order valence-electron chi connectivity index (χ3n) is 11.1. The summed E-state index contributed by atoms with van der Waals surface area (Å²) in [6.07, 6.45) is 4.97. The summed E-state index contributed by atoms with van der Waals surface area (Å²) in [7, 11) is 1.47. The minimum absolute atomic E-state index is 0.0201. The zero-order valence-corrected chi connectivity index (χ0v) is 27.6. The van der Waals surface area contributed by atoms with Crippen LogP contribution in [0.25, 0.3) is 27.5 Å². The van der Waals surface area contributed by atoms with Crippen molar-refractivity contribution >= 4 is 33.9 Å². The Kier molecular flexibility index (Phi) is 7.62. The summed E-state index contributed by atoms with van der Waals surface area (Å²) in [6.45, 7) is 5.24. The number of fused-ring (bicyclic) bond motifs is 2. The van der Waals surface area contributed by atoms with Crippen molar-refractivity contribution in [2.75, 3.05) is 20.3 Å². The van der Waals surface area contributed by atoms with E-state index in [4.69, 9.17) is 14.2 Å². The summed E-state index contributed by atoms with van der Waals surface area (Å²) in [5, 5.41) is 6.60. The quantitative estimate of drug-likeness (QED) is 0.172. The standard InChI is InChI=1S/C39H40FN3O5/c1-23-15-29(9-10-32(23)40)42-33-16-30-24(2)41-43(38(45)48-22-25-7-5-4-6-8-25)34(30)17-31(33)35(36(42)26-11-13-47-14-12-26)27-18-39(19-27)20-28(21-39)37(44)46-3/h4-10,15-17,26-28H,11-14,18-22H2,1-3H3. The van der Waals surface area contributed by atoms with Gasteiger partial charge in [0.25, 0.3) is 0 Å². The van der Waals surface area contributed by atoms with Gasteiger partial charge in [-0.1, -0.05) is 30.3 Å². The highest BCUT2D eigenvalue weighted by Crippen LogP contribution is 2.65. The number of aryl methyl sites for hydroxylation is 2. The van der Waals surface area contributed by atoms with E-state index >= 15 is 0 Å². The Labute approximate surface area is 278 Å². The molecule has 0 atom stereocenters. The van der Waals surface area contributed by atoms with Crippen LogP contribution in [-0.4, -0.2) is 46.7 Å². The zero-order valence-electron chi connectivity index (χ0n) is 27.6. The van der Waals surface area contributed by atoms with E-state index in [2.05, 4.69) is 21.8 Å². The summed E-state index contributed by atoms with van der Waals surface area (Å²) in [6, 6.07) is 19.2. The third-order valence-corrected chi connectivity index (χ3v) is 11.1. The average Bonchev–Trinajstić information content (AvgIpc) is 3.57. The maximum absolute atomic E-state index is 14.6. The molecule has 248 valence electrons. The van der Waals surface area contributed by atoms with E-state index in [1.807, 2.05) is 49.4 Å². The number of aromatic nitrogens is 3. The van der Waals surface area contributed by atoms with Crippen molar-refractivity contribution in [3.8, 4) is 5.69 Å². The van der Waals surface area contributed by atoms with Crippen molar-refractivity contribution in [2.45, 2.75) is 70.8 Å². The number of nitrogens with zero attached hydrogens (tertiary/aromatic N) is 3. The van der Waals surface area contributed by atoms with E-state index < -0.39 is 6.09 Å². The topological polar surface area (TPSA) is 84.6 Å². The molecule has 8 rings (SSSR count). The first kappa shape index (κ1) is 30.8. The predicted octanol–water partition coefficient (Wildman–Crippen LogP) is 8.26. The van der Waals surface area contributed by atoms with Crippen molar-refractivity contribution in [3.05, 3.63) is 94.6 Å². The van der Waals surface area contributed by atoms with Crippen LogP contribution in [0, 0.1) is 31.0 Å². The Morgan fingerprint density at radius 2 is 1.67 bits per heavy atom. The molecule has 2 saturated carbocycles. The van der Waals surface area contributed by atoms with Gasteiger partial charge in [-0.05, 0) is 111 Å². The Morgan fingerprint density at radius 3 is 2.38 bits per heavy atom. The normalized spacial score (nSPS) is 22.5. The average molecular weight is 650 g/mol. The number of benzene rings is 3. The molecular formula is C39H40FN3O5. The fraction of sp³-hybridized carbons (Fsp3) is 0.410. The van der Waals surface area contributed by atoms with Crippen LogP contribution in [0.2, 0.25) is 0 Å². The molecule has 2 aromatic heterocycles. The Morgan fingerprint density at radius 1 is 0.938 bits per heavy atom. The molecule has 3 aromatic carbocycles. The van der Waals surface area contributed by atoms with Crippen molar-refractivity contribution in [1.29, 1.82) is 0 Å². The van der Waals surface area contributed by atoms with Gasteiger partial charge in [0.15, 0.2) is 0 Å². The van der Waals surface area contributed by atoms with Crippen LogP contribution in [0.15, 0.2) is 60.7 Å². The second-order valence-electron chi connectivity index (χ2n) is 14.1. The second-order valence-corrected chi connectivity index (χ2v) is 14.1. The van der Waals surface area contributed by atoms with Gasteiger partial charge >= 0.3 is 12.1 Å². The van der Waals surface area contributed by atoms with Crippen molar-refractivity contribution < 1.29 is 28.2 Å². The van der Waals surface area contributed by atoms with Crippen LogP contribution in [-0.2, 0) is 25.6 Å². The largest absolute Gasteiger partial charge is 0.469 e. The number of hydrogen-bond donors (Lipinski definition) is 0. The number of halogens is 1. The van der Waals surface area contributed by atoms with E-state index in [1.54, 1.807) is 13.0 Å². The molecule has 0 unspecified atom stereocenters. The van der Waals surface area contributed by atoms with E-state index in [0.29, 0.717) is 24.3 Å². The molecule has 1 spiro atoms. The zero-order chi connectivity index (χ0) is 33.2. The highest BCUT2D eigenvalue weighted by Gasteiger charge is 2.56. The van der Waals surface area contributed by atoms with Crippen LogP contribution >= 0.6 is 0 Å². The second kappa shape index (κ2) is 11.9. The number of esters is 1. The van der Waals surface area contributed by atoms with E-state index in [-0.39, 0.29) is 41.6 Å². The van der Waals surface area contributed by atoms with Crippen molar-refractivity contribution in [2.24, 2.45) is 11.3 Å². The van der Waals surface area contributed by atoms with E-state index in [0.717, 1.165) is 71.8 Å². The summed E-state index contributed by atoms with van der Waals surface area (Å²) in [5.74, 6) is 0.173. The molecule has 1 aliphatic heterocycles.